The molecule has 2 aromatic rings. The Kier molecular flexibility index (Phi) is 2.75. The van der Waals surface area contributed by atoms with Crippen LogP contribution in [0.1, 0.15) is 39.9 Å². The van der Waals surface area contributed by atoms with Crippen molar-refractivity contribution in [1.82, 2.24) is 9.55 Å². The average Bonchev–Trinajstić information content (AvgIpc) is 2.99. The number of carboxylic acid groups (broad SMARTS) is 1. The first kappa shape index (κ1) is 12.4. The lowest BCUT2D eigenvalue weighted by Gasteiger charge is -2.15. The topological polar surface area (TPSA) is 78.9 Å². The van der Waals surface area contributed by atoms with Crippen LogP contribution in [0.3, 0.4) is 0 Å². The Hall–Kier alpha value is -2.68. The second-order valence-corrected chi connectivity index (χ2v) is 4.64. The molecule has 3 rings (SSSR count). The van der Waals surface area contributed by atoms with E-state index >= 15 is 0 Å². The molecule has 1 aliphatic rings. The van der Waals surface area contributed by atoms with E-state index in [4.69, 9.17) is 10.4 Å². The Balaban J connectivity index is 2.07. The Morgan fingerprint density at radius 3 is 3.00 bits per heavy atom. The zero-order valence-corrected chi connectivity index (χ0v) is 10.4. The van der Waals surface area contributed by atoms with Crippen LogP contribution in [0.2, 0.25) is 0 Å². The van der Waals surface area contributed by atoms with Crippen LogP contribution in [0.4, 0.5) is 4.39 Å². The maximum Gasteiger partial charge on any atom is 0.354 e. The van der Waals surface area contributed by atoms with Gasteiger partial charge in [-0.3, -0.25) is 0 Å². The molecule has 0 amide bonds. The summed E-state index contributed by atoms with van der Waals surface area (Å²) in [5.41, 5.74) is 0.740. The number of benzene rings is 1. The van der Waals surface area contributed by atoms with Crippen molar-refractivity contribution in [3.05, 3.63) is 52.9 Å². The van der Waals surface area contributed by atoms with Crippen LogP contribution in [-0.4, -0.2) is 20.6 Å². The van der Waals surface area contributed by atoms with Crippen LogP contribution in [0.25, 0.3) is 0 Å². The summed E-state index contributed by atoms with van der Waals surface area (Å²) in [6.45, 7) is 0. The minimum Gasteiger partial charge on any atom is -0.477 e. The number of halogens is 1. The van der Waals surface area contributed by atoms with Gasteiger partial charge >= 0.3 is 5.97 Å². The molecule has 6 heteroatoms. The maximum atomic E-state index is 13.7. The number of imidazole rings is 1. The number of hydrogen-bond donors (Lipinski definition) is 1. The molecule has 100 valence electrons. The van der Waals surface area contributed by atoms with Gasteiger partial charge < -0.3 is 9.67 Å². The zero-order chi connectivity index (χ0) is 14.3. The smallest absolute Gasteiger partial charge is 0.354 e. The molecule has 0 radical (unpaired) electrons. The number of nitriles is 1. The van der Waals surface area contributed by atoms with Gasteiger partial charge in [-0.15, -0.1) is 0 Å². The molecule has 2 heterocycles. The molecule has 0 bridgehead atoms. The molecule has 5 nitrogen and oxygen atoms in total. The van der Waals surface area contributed by atoms with Crippen LogP contribution in [0, 0.1) is 17.1 Å². The first-order valence-corrected chi connectivity index (χ1v) is 6.10. The SMILES string of the molecule is N#Cc1ccc(C2CCc3ncc(C(=O)O)n32)cc1F. The number of carboxylic acids is 1. The van der Waals surface area contributed by atoms with Crippen molar-refractivity contribution in [2.45, 2.75) is 18.9 Å². The lowest BCUT2D eigenvalue weighted by molar-refractivity contribution is 0.0684. The van der Waals surface area contributed by atoms with Gasteiger partial charge in [0.15, 0.2) is 0 Å². The molecule has 1 aromatic carbocycles. The third kappa shape index (κ3) is 1.75. The van der Waals surface area contributed by atoms with Crippen LogP contribution in [0.15, 0.2) is 24.4 Å². The van der Waals surface area contributed by atoms with Gasteiger partial charge in [-0.25, -0.2) is 14.2 Å². The fourth-order valence-electron chi connectivity index (χ4n) is 2.63. The first-order chi connectivity index (χ1) is 9.61. The highest BCUT2D eigenvalue weighted by Crippen LogP contribution is 2.33. The van der Waals surface area contributed by atoms with Crippen molar-refractivity contribution in [1.29, 1.82) is 5.26 Å². The molecule has 1 aliphatic heterocycles. The summed E-state index contributed by atoms with van der Waals surface area (Å²) in [4.78, 5) is 15.3. The van der Waals surface area contributed by atoms with Crippen molar-refractivity contribution >= 4 is 5.97 Å². The van der Waals surface area contributed by atoms with Crippen LogP contribution in [-0.2, 0) is 6.42 Å². The standard InChI is InChI=1S/C14H10FN3O2/c15-10-5-8(1-2-9(10)6-16)11-3-4-13-17-7-12(14(19)20)18(11)13/h1-2,5,7,11H,3-4H2,(H,19,20). The van der Waals surface area contributed by atoms with E-state index in [2.05, 4.69) is 4.98 Å². The fraction of sp³-hybridized carbons (Fsp3) is 0.214. The Morgan fingerprint density at radius 1 is 1.55 bits per heavy atom. The van der Waals surface area contributed by atoms with E-state index in [0.29, 0.717) is 24.2 Å². The molecule has 0 fully saturated rings. The van der Waals surface area contributed by atoms with Crippen LogP contribution >= 0.6 is 0 Å². The monoisotopic (exact) mass is 271 g/mol. The minimum absolute atomic E-state index is 0.0175. The third-order valence-electron chi connectivity index (χ3n) is 3.54. The van der Waals surface area contributed by atoms with Crippen molar-refractivity contribution < 1.29 is 14.3 Å². The second kappa shape index (κ2) is 4.46. The number of nitrogens with zero attached hydrogens (tertiary/aromatic N) is 3. The van der Waals surface area contributed by atoms with E-state index in [-0.39, 0.29) is 17.3 Å². The summed E-state index contributed by atoms with van der Waals surface area (Å²) in [5, 5.41) is 17.9. The Bertz CT molecular complexity index is 745. The highest BCUT2D eigenvalue weighted by Gasteiger charge is 2.29. The van der Waals surface area contributed by atoms with Gasteiger partial charge in [-0.1, -0.05) is 6.07 Å². The van der Waals surface area contributed by atoms with Gasteiger partial charge in [-0.2, -0.15) is 5.26 Å². The number of hydrogen-bond acceptors (Lipinski definition) is 3. The summed E-state index contributed by atoms with van der Waals surface area (Å²) >= 11 is 0. The van der Waals surface area contributed by atoms with Crippen molar-refractivity contribution in [2.24, 2.45) is 0 Å². The first-order valence-electron chi connectivity index (χ1n) is 6.10. The van der Waals surface area contributed by atoms with Crippen LogP contribution < -0.4 is 0 Å². The van der Waals surface area contributed by atoms with Gasteiger partial charge in [-0.05, 0) is 24.1 Å². The van der Waals surface area contributed by atoms with E-state index < -0.39 is 11.8 Å². The molecule has 0 spiro atoms. The third-order valence-corrected chi connectivity index (χ3v) is 3.54. The number of carbonyl (C=O) groups is 1. The molecular weight excluding hydrogens is 261 g/mol. The molecular formula is C14H10FN3O2. The molecule has 1 N–H and O–H groups in total. The maximum absolute atomic E-state index is 13.7. The number of aromatic carboxylic acids is 1. The molecule has 0 saturated heterocycles. The van der Waals surface area contributed by atoms with E-state index in [9.17, 15) is 9.18 Å². The minimum atomic E-state index is -1.05. The summed E-state index contributed by atoms with van der Waals surface area (Å²) in [6, 6.07) is 5.89. The summed E-state index contributed by atoms with van der Waals surface area (Å²) in [6.07, 6.45) is 2.65. The zero-order valence-electron chi connectivity index (χ0n) is 10.4. The van der Waals surface area contributed by atoms with Gasteiger partial charge in [0, 0.05) is 6.42 Å². The second-order valence-electron chi connectivity index (χ2n) is 4.64. The van der Waals surface area contributed by atoms with E-state index in [1.165, 1.54) is 18.3 Å². The molecule has 1 atom stereocenters. The lowest BCUT2D eigenvalue weighted by atomic mass is 10.0. The Labute approximate surface area is 113 Å². The Morgan fingerprint density at radius 2 is 2.35 bits per heavy atom. The predicted octanol–water partition coefficient (Wildman–Crippen LogP) is 2.13. The van der Waals surface area contributed by atoms with Gasteiger partial charge in [0.1, 0.15) is 23.4 Å². The van der Waals surface area contributed by atoms with E-state index in [0.717, 1.165) is 0 Å². The normalized spacial score (nSPS) is 16.7. The van der Waals surface area contributed by atoms with Crippen molar-refractivity contribution in [3.8, 4) is 6.07 Å². The quantitative estimate of drug-likeness (QED) is 0.907. The van der Waals surface area contributed by atoms with Gasteiger partial charge in [0.25, 0.3) is 0 Å². The molecule has 1 unspecified atom stereocenters. The predicted molar refractivity (Wildman–Crippen MR) is 66.8 cm³/mol. The van der Waals surface area contributed by atoms with Crippen molar-refractivity contribution in [3.63, 3.8) is 0 Å². The number of rotatable bonds is 2. The molecule has 0 saturated carbocycles. The van der Waals surface area contributed by atoms with Crippen molar-refractivity contribution in [2.75, 3.05) is 0 Å². The van der Waals surface area contributed by atoms with E-state index in [1.807, 2.05) is 0 Å². The highest BCUT2D eigenvalue weighted by atomic mass is 19.1. The lowest BCUT2D eigenvalue weighted by Crippen LogP contribution is -2.13. The number of fused-ring (bicyclic) bond motifs is 1. The number of aryl methyl sites for hydroxylation is 1. The van der Waals surface area contributed by atoms with Gasteiger partial charge in [0.05, 0.1) is 17.8 Å². The van der Waals surface area contributed by atoms with Crippen LogP contribution in [0.5, 0.6) is 0 Å². The number of aromatic nitrogens is 2. The summed E-state index contributed by atoms with van der Waals surface area (Å²) in [5.74, 6) is -0.947. The van der Waals surface area contributed by atoms with Gasteiger partial charge in [0.2, 0.25) is 0 Å². The average molecular weight is 271 g/mol. The van der Waals surface area contributed by atoms with E-state index in [1.54, 1.807) is 16.7 Å². The molecule has 20 heavy (non-hydrogen) atoms. The molecule has 0 aliphatic carbocycles. The summed E-state index contributed by atoms with van der Waals surface area (Å²) in [7, 11) is 0. The largest absolute Gasteiger partial charge is 0.477 e. The molecule has 1 aromatic heterocycles. The summed E-state index contributed by atoms with van der Waals surface area (Å²) < 4.78 is 15.3. The fourth-order valence-corrected chi connectivity index (χ4v) is 2.63. The highest BCUT2D eigenvalue weighted by molar-refractivity contribution is 5.85.